The molecule has 0 amide bonds. The summed E-state index contributed by atoms with van der Waals surface area (Å²) in [6.07, 6.45) is 15.7. The highest BCUT2D eigenvalue weighted by Gasteiger charge is 2.41. The lowest BCUT2D eigenvalue weighted by Gasteiger charge is -2.35. The fraction of sp³-hybridized carbons (Fsp3) is 0.317. The molecule has 1 fully saturated rings. The van der Waals surface area contributed by atoms with Gasteiger partial charge in [-0.1, -0.05) is 124 Å². The summed E-state index contributed by atoms with van der Waals surface area (Å²) in [5, 5.41) is 0. The maximum atomic E-state index is 4.77. The van der Waals surface area contributed by atoms with Gasteiger partial charge in [-0.25, -0.2) is 0 Å². The molecule has 3 aliphatic rings. The highest BCUT2D eigenvalue weighted by Crippen LogP contribution is 2.55. The molecule has 5 rings (SSSR count). The average molecular weight is 539 g/mol. The van der Waals surface area contributed by atoms with Crippen molar-refractivity contribution in [1.29, 1.82) is 0 Å². The molecule has 0 saturated heterocycles. The molecule has 0 aromatic heterocycles. The van der Waals surface area contributed by atoms with Crippen LogP contribution in [-0.2, 0) is 12.8 Å². The van der Waals surface area contributed by atoms with Crippen LogP contribution in [0.15, 0.2) is 126 Å². The SMILES string of the molecule is C=C(CCC)C1=C(C)C=C2CC(=CC3=CC=C(c4cccc(C(=C)C)c4)C3)C(=C)C2C1c1ccc(CC)c(CC)c1. The van der Waals surface area contributed by atoms with Gasteiger partial charge in [-0.2, -0.15) is 0 Å². The second-order valence-electron chi connectivity index (χ2n) is 12.2. The van der Waals surface area contributed by atoms with Crippen molar-refractivity contribution in [3.8, 4) is 0 Å². The summed E-state index contributed by atoms with van der Waals surface area (Å²) in [6.45, 7) is 24.7. The monoisotopic (exact) mass is 538 g/mol. The lowest BCUT2D eigenvalue weighted by Crippen LogP contribution is -2.21. The first-order chi connectivity index (χ1) is 19.7. The van der Waals surface area contributed by atoms with E-state index in [4.69, 9.17) is 6.58 Å². The summed E-state index contributed by atoms with van der Waals surface area (Å²) in [5.74, 6) is 0.576. The molecule has 0 spiro atoms. The van der Waals surface area contributed by atoms with Gasteiger partial charge in [0.2, 0.25) is 0 Å². The number of allylic oxidation sites excluding steroid dienone is 13. The molecule has 0 heterocycles. The predicted octanol–water partition coefficient (Wildman–Crippen LogP) is 11.5. The summed E-state index contributed by atoms with van der Waals surface area (Å²) in [5.41, 5.74) is 19.0. The van der Waals surface area contributed by atoms with Gasteiger partial charge in [-0.15, -0.1) is 0 Å². The van der Waals surface area contributed by atoms with Crippen LogP contribution in [-0.4, -0.2) is 0 Å². The van der Waals surface area contributed by atoms with E-state index in [1.165, 1.54) is 72.4 Å². The van der Waals surface area contributed by atoms with Crippen LogP contribution in [0.5, 0.6) is 0 Å². The van der Waals surface area contributed by atoms with Crippen molar-refractivity contribution in [3.63, 3.8) is 0 Å². The molecule has 0 radical (unpaired) electrons. The normalized spacial score (nSPS) is 21.1. The molecular formula is C41H46. The Labute approximate surface area is 249 Å². The smallest absolute Gasteiger partial charge is 0.0201 e. The first-order valence-electron chi connectivity index (χ1n) is 15.5. The van der Waals surface area contributed by atoms with Gasteiger partial charge in [-0.05, 0) is 113 Å². The van der Waals surface area contributed by atoms with E-state index in [1.807, 2.05) is 0 Å². The van der Waals surface area contributed by atoms with Gasteiger partial charge >= 0.3 is 0 Å². The second kappa shape index (κ2) is 12.1. The Kier molecular flexibility index (Phi) is 8.50. The van der Waals surface area contributed by atoms with E-state index in [1.54, 1.807) is 0 Å². The number of hydrogen-bond acceptors (Lipinski definition) is 0. The van der Waals surface area contributed by atoms with Crippen LogP contribution in [0.2, 0.25) is 0 Å². The van der Waals surface area contributed by atoms with Gasteiger partial charge in [0.15, 0.2) is 0 Å². The number of rotatable bonds is 9. The third-order valence-corrected chi connectivity index (χ3v) is 9.32. The molecule has 210 valence electrons. The minimum Gasteiger partial charge on any atom is -0.0955 e. The molecule has 0 nitrogen and oxygen atoms in total. The predicted molar refractivity (Wildman–Crippen MR) is 180 cm³/mol. The molecule has 3 aliphatic carbocycles. The summed E-state index contributed by atoms with van der Waals surface area (Å²) in [4.78, 5) is 0. The number of aryl methyl sites for hydroxylation is 2. The van der Waals surface area contributed by atoms with E-state index in [0.717, 1.165) is 44.1 Å². The number of hydrogen-bond donors (Lipinski definition) is 0. The maximum absolute atomic E-state index is 4.77. The Balaban J connectivity index is 1.47. The van der Waals surface area contributed by atoms with Crippen LogP contribution >= 0.6 is 0 Å². The van der Waals surface area contributed by atoms with Crippen molar-refractivity contribution < 1.29 is 0 Å². The van der Waals surface area contributed by atoms with E-state index in [2.05, 4.69) is 115 Å². The maximum Gasteiger partial charge on any atom is 0.0201 e. The van der Waals surface area contributed by atoms with Crippen molar-refractivity contribution in [2.24, 2.45) is 5.92 Å². The van der Waals surface area contributed by atoms with Gasteiger partial charge < -0.3 is 0 Å². The Morgan fingerprint density at radius 3 is 2.41 bits per heavy atom. The van der Waals surface area contributed by atoms with Crippen molar-refractivity contribution in [2.45, 2.75) is 79.1 Å². The molecule has 0 N–H and O–H groups in total. The lowest BCUT2D eigenvalue weighted by molar-refractivity contribution is 0.618. The third-order valence-electron chi connectivity index (χ3n) is 9.32. The summed E-state index contributed by atoms with van der Waals surface area (Å²) in [6, 6.07) is 16.0. The quantitative estimate of drug-likeness (QED) is 0.298. The fourth-order valence-corrected chi connectivity index (χ4v) is 7.19. The van der Waals surface area contributed by atoms with Crippen LogP contribution in [0.25, 0.3) is 11.1 Å². The first-order valence-corrected chi connectivity index (χ1v) is 15.5. The average Bonchev–Trinajstić information content (AvgIpc) is 3.56. The minimum absolute atomic E-state index is 0.278. The standard InChI is InChI=1S/C41H46/c1-9-13-27(6)39-28(7)20-38-25-37(22-30-16-17-35(21-30)34-15-12-14-33(24-34)26(4)5)29(8)40(38)41(39)36-19-18-31(10-2)32(11-3)23-36/h12,14-20,22-24,40-41H,4,6,8-11,13,21,25H2,1-3,5,7H3. The van der Waals surface area contributed by atoms with E-state index < -0.39 is 0 Å². The summed E-state index contributed by atoms with van der Waals surface area (Å²) >= 11 is 0. The summed E-state index contributed by atoms with van der Waals surface area (Å²) < 4.78 is 0. The van der Waals surface area contributed by atoms with Crippen LogP contribution in [0.3, 0.4) is 0 Å². The zero-order chi connectivity index (χ0) is 29.3. The zero-order valence-electron chi connectivity index (χ0n) is 25.9. The Hall–Kier alpha value is -3.64. The number of fused-ring (bicyclic) bond motifs is 1. The van der Waals surface area contributed by atoms with Gasteiger partial charge in [-0.3, -0.25) is 0 Å². The molecule has 0 bridgehead atoms. The van der Waals surface area contributed by atoms with Crippen LogP contribution < -0.4 is 0 Å². The van der Waals surface area contributed by atoms with Crippen molar-refractivity contribution in [1.82, 2.24) is 0 Å². The van der Waals surface area contributed by atoms with Gasteiger partial charge in [0, 0.05) is 11.8 Å². The van der Waals surface area contributed by atoms with Gasteiger partial charge in [0.05, 0.1) is 0 Å². The Morgan fingerprint density at radius 2 is 1.71 bits per heavy atom. The molecule has 2 aromatic carbocycles. The molecule has 1 saturated carbocycles. The minimum atomic E-state index is 0.278. The largest absolute Gasteiger partial charge is 0.0955 e. The van der Waals surface area contributed by atoms with Crippen molar-refractivity contribution in [3.05, 3.63) is 153 Å². The van der Waals surface area contributed by atoms with E-state index in [9.17, 15) is 0 Å². The van der Waals surface area contributed by atoms with Gasteiger partial charge in [0.1, 0.15) is 0 Å². The molecule has 0 aliphatic heterocycles. The van der Waals surface area contributed by atoms with E-state index in [-0.39, 0.29) is 5.92 Å². The zero-order valence-corrected chi connectivity index (χ0v) is 25.9. The Bertz CT molecular complexity index is 1570. The molecule has 2 atom stereocenters. The van der Waals surface area contributed by atoms with Gasteiger partial charge in [0.25, 0.3) is 0 Å². The van der Waals surface area contributed by atoms with Crippen molar-refractivity contribution in [2.75, 3.05) is 0 Å². The third kappa shape index (κ3) is 5.62. The molecule has 2 aromatic rings. The highest BCUT2D eigenvalue weighted by atomic mass is 14.4. The van der Waals surface area contributed by atoms with E-state index in [0.29, 0.717) is 5.92 Å². The van der Waals surface area contributed by atoms with Crippen LogP contribution in [0, 0.1) is 5.92 Å². The molecular weight excluding hydrogens is 492 g/mol. The van der Waals surface area contributed by atoms with Crippen LogP contribution in [0.1, 0.15) is 94.0 Å². The molecule has 41 heavy (non-hydrogen) atoms. The Morgan fingerprint density at radius 1 is 0.927 bits per heavy atom. The number of benzene rings is 2. The topological polar surface area (TPSA) is 0 Å². The van der Waals surface area contributed by atoms with Crippen molar-refractivity contribution >= 4 is 11.1 Å². The first kappa shape index (κ1) is 28.9. The van der Waals surface area contributed by atoms with E-state index >= 15 is 0 Å². The highest BCUT2D eigenvalue weighted by molar-refractivity contribution is 5.76. The van der Waals surface area contributed by atoms with Crippen LogP contribution in [0.4, 0.5) is 0 Å². The molecule has 0 heteroatoms. The fourth-order valence-electron chi connectivity index (χ4n) is 7.19. The summed E-state index contributed by atoms with van der Waals surface area (Å²) in [7, 11) is 0. The molecule has 2 unspecified atom stereocenters. The lowest BCUT2D eigenvalue weighted by atomic mass is 9.68. The second-order valence-corrected chi connectivity index (χ2v) is 12.2.